The van der Waals surface area contributed by atoms with Crippen molar-refractivity contribution in [2.75, 3.05) is 33.3 Å². The minimum absolute atomic E-state index is 0.0162. The monoisotopic (exact) mass is 423 g/mol. The molecule has 0 atom stereocenters. The molecule has 2 aromatic carbocycles. The zero-order valence-corrected chi connectivity index (χ0v) is 18.2. The lowest BCUT2D eigenvalue weighted by atomic mass is 9.95. The number of rotatable bonds is 6. The minimum Gasteiger partial charge on any atom is -0.492 e. The lowest BCUT2D eigenvalue weighted by Crippen LogP contribution is -2.36. The smallest absolute Gasteiger partial charge is 0.254 e. The van der Waals surface area contributed by atoms with Crippen LogP contribution in [-0.2, 0) is 13.0 Å². The first-order valence-corrected chi connectivity index (χ1v) is 10.7. The number of nitrogens with zero attached hydrogens (tertiary/aromatic N) is 3. The fourth-order valence-electron chi connectivity index (χ4n) is 3.88. The average Bonchev–Trinajstić information content (AvgIpc) is 2.77. The first-order chi connectivity index (χ1) is 14.6. The number of benzene rings is 2. The van der Waals surface area contributed by atoms with E-state index in [4.69, 9.17) is 21.3 Å². The summed E-state index contributed by atoms with van der Waals surface area (Å²) in [6.45, 7) is 5.76. The molecule has 3 aromatic rings. The molecule has 156 valence electrons. The molecule has 6 heteroatoms. The van der Waals surface area contributed by atoms with E-state index in [0.29, 0.717) is 18.2 Å². The Morgan fingerprint density at radius 3 is 2.73 bits per heavy atom. The van der Waals surface area contributed by atoms with Crippen LogP contribution in [0.15, 0.2) is 48.5 Å². The summed E-state index contributed by atoms with van der Waals surface area (Å²) >= 11 is 5.91. The molecule has 0 aliphatic carbocycles. The summed E-state index contributed by atoms with van der Waals surface area (Å²) in [5.41, 5.74) is 3.78. The van der Waals surface area contributed by atoms with Crippen molar-refractivity contribution in [2.24, 2.45) is 0 Å². The summed E-state index contributed by atoms with van der Waals surface area (Å²) in [6, 6.07) is 15.2. The number of amides is 1. The van der Waals surface area contributed by atoms with Gasteiger partial charge in [0.2, 0.25) is 0 Å². The van der Waals surface area contributed by atoms with E-state index >= 15 is 0 Å². The standard InChI is InChI=1S/C24H26ClN3O2/c1-3-28-13-12-22-20(16-28)23(19-6-4-5-7-21(19)26-22)24(29)27(2)14-15-30-18-10-8-17(25)9-11-18/h4-11H,3,12-16H2,1-2H3. The first kappa shape index (κ1) is 20.6. The average molecular weight is 424 g/mol. The molecule has 1 amide bonds. The Bertz CT molecular complexity index is 1050. The minimum atomic E-state index is 0.0162. The largest absolute Gasteiger partial charge is 0.492 e. The number of likely N-dealkylation sites (N-methyl/N-ethyl adjacent to an activating group) is 2. The van der Waals surface area contributed by atoms with Gasteiger partial charge in [-0.2, -0.15) is 0 Å². The highest BCUT2D eigenvalue weighted by Gasteiger charge is 2.26. The molecule has 5 nitrogen and oxygen atoms in total. The van der Waals surface area contributed by atoms with E-state index in [0.717, 1.165) is 59.5 Å². The Morgan fingerprint density at radius 2 is 1.97 bits per heavy atom. The Hall–Kier alpha value is -2.63. The lowest BCUT2D eigenvalue weighted by molar-refractivity contribution is 0.0772. The van der Waals surface area contributed by atoms with E-state index in [1.54, 1.807) is 17.0 Å². The molecule has 0 spiro atoms. The van der Waals surface area contributed by atoms with Crippen molar-refractivity contribution in [3.63, 3.8) is 0 Å². The van der Waals surface area contributed by atoms with Crippen LogP contribution in [0.3, 0.4) is 0 Å². The van der Waals surface area contributed by atoms with Gasteiger partial charge in [0.25, 0.3) is 5.91 Å². The van der Waals surface area contributed by atoms with Gasteiger partial charge in [0, 0.05) is 48.2 Å². The fraction of sp³-hybridized carbons (Fsp3) is 0.333. The van der Waals surface area contributed by atoms with Gasteiger partial charge in [-0.1, -0.05) is 36.7 Å². The topological polar surface area (TPSA) is 45.7 Å². The number of aromatic nitrogens is 1. The van der Waals surface area contributed by atoms with Gasteiger partial charge in [-0.3, -0.25) is 14.7 Å². The van der Waals surface area contributed by atoms with Gasteiger partial charge in [-0.15, -0.1) is 0 Å². The number of fused-ring (bicyclic) bond motifs is 2. The molecule has 0 unspecified atom stereocenters. The fourth-order valence-corrected chi connectivity index (χ4v) is 4.01. The number of hydrogen-bond acceptors (Lipinski definition) is 4. The van der Waals surface area contributed by atoms with Crippen LogP contribution in [0.2, 0.25) is 5.02 Å². The van der Waals surface area contributed by atoms with Crippen LogP contribution in [0.25, 0.3) is 10.9 Å². The predicted octanol–water partition coefficient (Wildman–Crippen LogP) is 4.42. The summed E-state index contributed by atoms with van der Waals surface area (Å²) in [5.74, 6) is 0.757. The van der Waals surface area contributed by atoms with E-state index in [-0.39, 0.29) is 5.91 Å². The Balaban J connectivity index is 1.57. The van der Waals surface area contributed by atoms with E-state index in [2.05, 4.69) is 11.8 Å². The Kier molecular flexibility index (Phi) is 6.21. The van der Waals surface area contributed by atoms with E-state index in [9.17, 15) is 4.79 Å². The quantitative estimate of drug-likeness (QED) is 0.588. The highest BCUT2D eigenvalue weighted by Crippen LogP contribution is 2.29. The third-order valence-electron chi connectivity index (χ3n) is 5.64. The molecule has 0 saturated carbocycles. The summed E-state index contributed by atoms with van der Waals surface area (Å²) in [7, 11) is 1.83. The van der Waals surface area contributed by atoms with Crippen molar-refractivity contribution in [3.8, 4) is 5.75 Å². The van der Waals surface area contributed by atoms with Crippen LogP contribution in [0, 0.1) is 0 Å². The molecular formula is C24H26ClN3O2. The van der Waals surface area contributed by atoms with Crippen molar-refractivity contribution in [1.29, 1.82) is 0 Å². The van der Waals surface area contributed by atoms with Crippen LogP contribution in [-0.4, -0.2) is 54.0 Å². The van der Waals surface area contributed by atoms with Crippen LogP contribution >= 0.6 is 11.6 Å². The molecule has 4 rings (SSSR count). The lowest BCUT2D eigenvalue weighted by Gasteiger charge is -2.30. The molecule has 30 heavy (non-hydrogen) atoms. The number of hydrogen-bond donors (Lipinski definition) is 0. The molecule has 1 aromatic heterocycles. The molecule has 1 aliphatic heterocycles. The zero-order chi connectivity index (χ0) is 21.1. The van der Waals surface area contributed by atoms with Crippen molar-refractivity contribution in [3.05, 3.63) is 70.4 Å². The third kappa shape index (κ3) is 4.27. The summed E-state index contributed by atoms with van der Waals surface area (Å²) in [6.07, 6.45) is 0.873. The van der Waals surface area contributed by atoms with Crippen molar-refractivity contribution in [2.45, 2.75) is 19.9 Å². The summed E-state index contributed by atoms with van der Waals surface area (Å²) in [4.78, 5) is 22.5. The van der Waals surface area contributed by atoms with Gasteiger partial charge in [0.1, 0.15) is 12.4 Å². The van der Waals surface area contributed by atoms with Gasteiger partial charge < -0.3 is 9.64 Å². The molecule has 0 bridgehead atoms. The predicted molar refractivity (Wildman–Crippen MR) is 120 cm³/mol. The number of pyridine rings is 1. The van der Waals surface area contributed by atoms with Gasteiger partial charge in [-0.25, -0.2) is 0 Å². The molecule has 0 fully saturated rings. The van der Waals surface area contributed by atoms with Crippen molar-refractivity contribution < 1.29 is 9.53 Å². The molecule has 1 aliphatic rings. The molecule has 0 saturated heterocycles. The van der Waals surface area contributed by atoms with Gasteiger partial charge in [0.05, 0.1) is 17.6 Å². The second-order valence-electron chi connectivity index (χ2n) is 7.58. The first-order valence-electron chi connectivity index (χ1n) is 10.3. The molecule has 0 radical (unpaired) electrons. The maximum atomic E-state index is 13.5. The van der Waals surface area contributed by atoms with Crippen LogP contribution in [0.4, 0.5) is 0 Å². The third-order valence-corrected chi connectivity index (χ3v) is 5.89. The Morgan fingerprint density at radius 1 is 1.20 bits per heavy atom. The zero-order valence-electron chi connectivity index (χ0n) is 17.4. The van der Waals surface area contributed by atoms with Gasteiger partial charge >= 0.3 is 0 Å². The van der Waals surface area contributed by atoms with Crippen LogP contribution in [0.5, 0.6) is 5.75 Å². The van der Waals surface area contributed by atoms with E-state index in [1.807, 2.05) is 43.4 Å². The SMILES string of the molecule is CCN1CCc2nc3ccccc3c(C(=O)N(C)CCOc3ccc(Cl)cc3)c2C1. The maximum Gasteiger partial charge on any atom is 0.254 e. The molecular weight excluding hydrogens is 398 g/mol. The summed E-state index contributed by atoms with van der Waals surface area (Å²) < 4.78 is 5.78. The van der Waals surface area contributed by atoms with Crippen molar-refractivity contribution in [1.82, 2.24) is 14.8 Å². The number of carbonyl (C=O) groups is 1. The van der Waals surface area contributed by atoms with E-state index in [1.165, 1.54) is 0 Å². The van der Waals surface area contributed by atoms with Gasteiger partial charge in [-0.05, 0) is 36.9 Å². The normalized spacial score (nSPS) is 13.8. The van der Waals surface area contributed by atoms with E-state index < -0.39 is 0 Å². The highest BCUT2D eigenvalue weighted by atomic mass is 35.5. The highest BCUT2D eigenvalue weighted by molar-refractivity contribution is 6.30. The second-order valence-corrected chi connectivity index (χ2v) is 8.01. The van der Waals surface area contributed by atoms with Crippen LogP contribution in [0.1, 0.15) is 28.5 Å². The second kappa shape index (κ2) is 9.02. The Labute approximate surface area is 182 Å². The molecule has 2 heterocycles. The molecule has 0 N–H and O–H groups in total. The number of para-hydroxylation sites is 1. The number of ether oxygens (including phenoxy) is 1. The van der Waals surface area contributed by atoms with Gasteiger partial charge in [0.15, 0.2) is 0 Å². The number of carbonyl (C=O) groups excluding carboxylic acids is 1. The maximum absolute atomic E-state index is 13.5. The van der Waals surface area contributed by atoms with Crippen LogP contribution < -0.4 is 4.74 Å². The van der Waals surface area contributed by atoms with Crippen molar-refractivity contribution >= 4 is 28.4 Å². The number of halogens is 1. The summed E-state index contributed by atoms with van der Waals surface area (Å²) in [5, 5.41) is 1.59.